The van der Waals surface area contributed by atoms with E-state index in [2.05, 4.69) is 39.1 Å². The van der Waals surface area contributed by atoms with Gasteiger partial charge in [-0.15, -0.1) is 5.10 Å². The summed E-state index contributed by atoms with van der Waals surface area (Å²) < 4.78 is 6.83. The molecule has 8 nitrogen and oxygen atoms in total. The Hall–Kier alpha value is -2.61. The number of aromatic nitrogens is 3. The van der Waals surface area contributed by atoms with Gasteiger partial charge < -0.3 is 14.7 Å². The summed E-state index contributed by atoms with van der Waals surface area (Å²) in [6.07, 6.45) is 0. The lowest BCUT2D eigenvalue weighted by molar-refractivity contribution is 0.0683. The fourth-order valence-electron chi connectivity index (χ4n) is 4.47. The van der Waals surface area contributed by atoms with Crippen LogP contribution in [0.25, 0.3) is 0 Å². The zero-order valence-electron chi connectivity index (χ0n) is 15.2. The van der Waals surface area contributed by atoms with Gasteiger partial charge in [-0.05, 0) is 30.7 Å². The number of carbonyl (C=O) groups is 1. The first-order valence-corrected chi connectivity index (χ1v) is 8.71. The zero-order valence-corrected chi connectivity index (χ0v) is 15.2. The Morgan fingerprint density at radius 1 is 1.19 bits per heavy atom. The average molecular weight is 357 g/mol. The van der Waals surface area contributed by atoms with E-state index in [0.29, 0.717) is 23.8 Å². The molecule has 2 fully saturated rings. The third-order valence-electron chi connectivity index (χ3n) is 5.57. The molecule has 1 N–H and O–H groups in total. The lowest BCUT2D eigenvalue weighted by Gasteiger charge is -2.27. The van der Waals surface area contributed by atoms with Crippen molar-refractivity contribution < 1.29 is 14.6 Å². The first-order valence-electron chi connectivity index (χ1n) is 8.71. The van der Waals surface area contributed by atoms with Crippen LogP contribution in [0.3, 0.4) is 0 Å². The van der Waals surface area contributed by atoms with Gasteiger partial charge in [0.25, 0.3) is 5.82 Å². The van der Waals surface area contributed by atoms with Crippen LogP contribution >= 0.6 is 0 Å². The molecule has 1 aromatic heterocycles. The van der Waals surface area contributed by atoms with E-state index in [-0.39, 0.29) is 5.82 Å². The van der Waals surface area contributed by atoms with E-state index in [4.69, 9.17) is 9.84 Å². The van der Waals surface area contributed by atoms with Crippen molar-refractivity contribution in [2.24, 2.45) is 18.9 Å². The van der Waals surface area contributed by atoms with Gasteiger partial charge in [0.15, 0.2) is 0 Å². The minimum absolute atomic E-state index is 0.150. The van der Waals surface area contributed by atoms with Crippen molar-refractivity contribution >= 4 is 11.9 Å². The molecule has 0 saturated carbocycles. The van der Waals surface area contributed by atoms with Crippen molar-refractivity contribution in [1.82, 2.24) is 19.7 Å². The second-order valence-electron chi connectivity index (χ2n) is 7.15. The average Bonchev–Trinajstić information content (AvgIpc) is 3.27. The molecule has 0 amide bonds. The predicted molar refractivity (Wildman–Crippen MR) is 95.5 cm³/mol. The van der Waals surface area contributed by atoms with Crippen LogP contribution in [0, 0.1) is 11.8 Å². The number of anilines is 1. The number of aryl methyl sites for hydroxylation is 1. The van der Waals surface area contributed by atoms with Crippen LogP contribution in [0.5, 0.6) is 5.75 Å². The number of likely N-dealkylation sites (tertiary alicyclic amines) is 1. The smallest absolute Gasteiger partial charge is 0.375 e. The highest BCUT2D eigenvalue weighted by Gasteiger charge is 2.47. The maximum atomic E-state index is 11.1. The summed E-state index contributed by atoms with van der Waals surface area (Å²) in [6, 6.07) is 8.62. The van der Waals surface area contributed by atoms with Crippen molar-refractivity contribution in [2.75, 3.05) is 38.7 Å². The summed E-state index contributed by atoms with van der Waals surface area (Å²) in [7, 11) is 5.59. The lowest BCUT2D eigenvalue weighted by atomic mass is 9.89. The molecule has 2 aliphatic rings. The van der Waals surface area contributed by atoms with Crippen molar-refractivity contribution in [3.05, 3.63) is 35.7 Å². The zero-order chi connectivity index (χ0) is 18.4. The molecule has 1 aromatic carbocycles. The molecule has 2 aromatic rings. The molecule has 0 aliphatic carbocycles. The molecule has 4 rings (SSSR count). The molecule has 138 valence electrons. The Morgan fingerprint density at radius 3 is 2.54 bits per heavy atom. The van der Waals surface area contributed by atoms with Crippen LogP contribution in [0.2, 0.25) is 0 Å². The number of ether oxygens (including phenoxy) is 1. The largest absolute Gasteiger partial charge is 0.497 e. The highest BCUT2D eigenvalue weighted by Crippen LogP contribution is 2.45. The minimum Gasteiger partial charge on any atom is -0.497 e. The van der Waals surface area contributed by atoms with E-state index in [1.807, 2.05) is 12.1 Å². The molecule has 3 heterocycles. The van der Waals surface area contributed by atoms with Gasteiger partial charge in [-0.1, -0.05) is 12.1 Å². The number of rotatable bonds is 4. The molecule has 8 heteroatoms. The van der Waals surface area contributed by atoms with Gasteiger partial charge in [-0.25, -0.2) is 9.48 Å². The highest BCUT2D eigenvalue weighted by atomic mass is 16.5. The van der Waals surface area contributed by atoms with E-state index in [0.717, 1.165) is 25.4 Å². The lowest BCUT2D eigenvalue weighted by Crippen LogP contribution is -2.30. The van der Waals surface area contributed by atoms with Crippen LogP contribution in [0.1, 0.15) is 22.2 Å². The van der Waals surface area contributed by atoms with Crippen LogP contribution in [0.4, 0.5) is 5.95 Å². The number of benzene rings is 1. The van der Waals surface area contributed by atoms with Crippen molar-refractivity contribution in [3.63, 3.8) is 0 Å². The molecule has 3 atom stereocenters. The molecule has 0 bridgehead atoms. The third kappa shape index (κ3) is 2.70. The summed E-state index contributed by atoms with van der Waals surface area (Å²) in [5.74, 6) is 1.24. The van der Waals surface area contributed by atoms with Gasteiger partial charge in [0.05, 0.1) is 7.11 Å². The number of fused-ring (bicyclic) bond motifs is 1. The first kappa shape index (κ1) is 16.8. The van der Waals surface area contributed by atoms with Crippen LogP contribution in [0.15, 0.2) is 24.3 Å². The summed E-state index contributed by atoms with van der Waals surface area (Å²) in [6.45, 7) is 2.73. The summed E-state index contributed by atoms with van der Waals surface area (Å²) in [4.78, 5) is 19.9. The minimum atomic E-state index is -1.10. The SMILES string of the molecule is COc1ccc([C@H]2[C@@H]3CN(c4nc(C(=O)O)nn4C)C[C@@H]3CN2C)cc1. The van der Waals surface area contributed by atoms with Crippen LogP contribution in [-0.4, -0.2) is 64.5 Å². The first-order chi connectivity index (χ1) is 12.5. The molecule has 2 aliphatic heterocycles. The summed E-state index contributed by atoms with van der Waals surface area (Å²) in [5.41, 5.74) is 1.28. The van der Waals surface area contributed by atoms with Gasteiger partial charge in [0.1, 0.15) is 5.75 Å². The van der Waals surface area contributed by atoms with E-state index in [1.165, 1.54) is 5.56 Å². The molecule has 0 unspecified atom stereocenters. The Balaban J connectivity index is 1.57. The van der Waals surface area contributed by atoms with Crippen molar-refractivity contribution in [2.45, 2.75) is 6.04 Å². The topological polar surface area (TPSA) is 83.7 Å². The maximum absolute atomic E-state index is 11.1. The van der Waals surface area contributed by atoms with E-state index >= 15 is 0 Å². The number of carboxylic acid groups (broad SMARTS) is 1. The van der Waals surface area contributed by atoms with Crippen molar-refractivity contribution in [1.29, 1.82) is 0 Å². The van der Waals surface area contributed by atoms with Gasteiger partial charge in [0, 0.05) is 38.6 Å². The van der Waals surface area contributed by atoms with Gasteiger partial charge in [-0.3, -0.25) is 4.90 Å². The second-order valence-corrected chi connectivity index (χ2v) is 7.15. The van der Waals surface area contributed by atoms with Gasteiger partial charge in [0.2, 0.25) is 5.95 Å². The molecular weight excluding hydrogens is 334 g/mol. The second kappa shape index (κ2) is 6.28. The molecular formula is C18H23N5O3. The number of aromatic carboxylic acids is 1. The van der Waals surface area contributed by atoms with Crippen LogP contribution in [-0.2, 0) is 7.05 Å². The summed E-state index contributed by atoms with van der Waals surface area (Å²) >= 11 is 0. The van der Waals surface area contributed by atoms with Gasteiger partial charge in [-0.2, -0.15) is 4.98 Å². The summed E-state index contributed by atoms with van der Waals surface area (Å²) in [5, 5.41) is 13.1. The van der Waals surface area contributed by atoms with E-state index < -0.39 is 5.97 Å². The number of methoxy groups -OCH3 is 1. The number of hydrogen-bond donors (Lipinski definition) is 1. The molecule has 26 heavy (non-hydrogen) atoms. The Bertz CT molecular complexity index is 819. The normalized spacial score (nSPS) is 25.5. The highest BCUT2D eigenvalue weighted by molar-refractivity contribution is 5.83. The maximum Gasteiger partial charge on any atom is 0.375 e. The standard InChI is InChI=1S/C18H23N5O3/c1-21-8-12-9-23(18-19-16(17(24)25)20-22(18)2)10-14(12)15(21)11-4-6-13(26-3)7-5-11/h4-7,12,14-15H,8-10H2,1-3H3,(H,24,25)/t12-,14+,15-/m0/s1. The van der Waals surface area contributed by atoms with Crippen LogP contribution < -0.4 is 9.64 Å². The van der Waals surface area contributed by atoms with Crippen molar-refractivity contribution in [3.8, 4) is 5.75 Å². The third-order valence-corrected chi connectivity index (χ3v) is 5.57. The van der Waals surface area contributed by atoms with E-state index in [1.54, 1.807) is 18.8 Å². The Morgan fingerprint density at radius 2 is 1.92 bits per heavy atom. The number of hydrogen-bond acceptors (Lipinski definition) is 6. The fourth-order valence-corrected chi connectivity index (χ4v) is 4.47. The number of nitrogens with zero attached hydrogens (tertiary/aromatic N) is 5. The molecule has 0 spiro atoms. The predicted octanol–water partition coefficient (Wildman–Crippen LogP) is 1.26. The fraction of sp³-hybridized carbons (Fsp3) is 0.500. The Labute approximate surface area is 152 Å². The molecule has 0 radical (unpaired) electrons. The monoisotopic (exact) mass is 357 g/mol. The quantitative estimate of drug-likeness (QED) is 0.882. The van der Waals surface area contributed by atoms with Gasteiger partial charge >= 0.3 is 5.97 Å². The molecule has 2 saturated heterocycles. The number of carboxylic acids is 1. The van der Waals surface area contributed by atoms with E-state index in [9.17, 15) is 4.79 Å². The Kier molecular flexibility index (Phi) is 4.07.